The zero-order valence-electron chi connectivity index (χ0n) is 15.1. The van der Waals surface area contributed by atoms with Gasteiger partial charge in [0.25, 0.3) is 0 Å². The number of pyridine rings is 1. The Morgan fingerprint density at radius 3 is 2.38 bits per heavy atom. The monoisotopic (exact) mass is 351 g/mol. The standard InChI is InChI=1S/C21H25N3O2/c1-2-3-19(25)24-13-10-21(15-24,20(22)26)14-16-4-6-17(7-5-16)18-8-11-23-12-9-18/h4-9,11-12H,2-3,10,13-15H2,1H3,(H2,22,26)/t21-/m0/s1. The zero-order chi connectivity index (χ0) is 18.6. The lowest BCUT2D eigenvalue weighted by Crippen LogP contribution is -2.42. The van der Waals surface area contributed by atoms with Gasteiger partial charge in [-0.3, -0.25) is 14.6 Å². The van der Waals surface area contributed by atoms with Gasteiger partial charge in [0, 0.05) is 31.9 Å². The third kappa shape index (κ3) is 3.77. The van der Waals surface area contributed by atoms with Crippen molar-refractivity contribution in [3.63, 3.8) is 0 Å². The molecule has 0 radical (unpaired) electrons. The largest absolute Gasteiger partial charge is 0.369 e. The van der Waals surface area contributed by atoms with Crippen LogP contribution in [-0.4, -0.2) is 34.8 Å². The number of rotatable bonds is 6. The molecule has 0 unspecified atom stereocenters. The minimum Gasteiger partial charge on any atom is -0.369 e. The van der Waals surface area contributed by atoms with Crippen LogP contribution >= 0.6 is 0 Å². The Balaban J connectivity index is 1.75. The summed E-state index contributed by atoms with van der Waals surface area (Å²) >= 11 is 0. The van der Waals surface area contributed by atoms with Gasteiger partial charge >= 0.3 is 0 Å². The summed E-state index contributed by atoms with van der Waals surface area (Å²) in [6, 6.07) is 12.1. The third-order valence-corrected chi connectivity index (χ3v) is 5.20. The van der Waals surface area contributed by atoms with Crippen LogP contribution in [-0.2, 0) is 16.0 Å². The molecule has 0 bridgehead atoms. The topological polar surface area (TPSA) is 76.3 Å². The van der Waals surface area contributed by atoms with E-state index in [0.717, 1.165) is 23.1 Å². The van der Waals surface area contributed by atoms with E-state index in [-0.39, 0.29) is 11.8 Å². The van der Waals surface area contributed by atoms with E-state index in [1.54, 1.807) is 17.3 Å². The molecule has 2 amide bonds. The number of primary amides is 1. The van der Waals surface area contributed by atoms with E-state index in [1.165, 1.54) is 0 Å². The van der Waals surface area contributed by atoms with Gasteiger partial charge in [0.1, 0.15) is 0 Å². The molecule has 1 aliphatic rings. The molecule has 5 heteroatoms. The van der Waals surface area contributed by atoms with Crippen molar-refractivity contribution >= 4 is 11.8 Å². The SMILES string of the molecule is CCCC(=O)N1CC[C@@](Cc2ccc(-c3ccncc3)cc2)(C(N)=O)C1. The zero-order valence-corrected chi connectivity index (χ0v) is 15.1. The maximum absolute atomic E-state index is 12.2. The van der Waals surface area contributed by atoms with Crippen molar-refractivity contribution in [2.45, 2.75) is 32.6 Å². The molecule has 2 heterocycles. The van der Waals surface area contributed by atoms with Gasteiger partial charge in [-0.2, -0.15) is 0 Å². The van der Waals surface area contributed by atoms with Crippen molar-refractivity contribution in [3.8, 4) is 11.1 Å². The number of likely N-dealkylation sites (tertiary alicyclic amines) is 1. The number of nitrogens with zero attached hydrogens (tertiary/aromatic N) is 2. The Kier molecular flexibility index (Phi) is 5.35. The van der Waals surface area contributed by atoms with Crippen LogP contribution in [0.15, 0.2) is 48.8 Å². The fraction of sp³-hybridized carbons (Fsp3) is 0.381. The van der Waals surface area contributed by atoms with Crippen molar-refractivity contribution in [1.29, 1.82) is 0 Å². The molecule has 0 spiro atoms. The number of hydrogen-bond acceptors (Lipinski definition) is 3. The Morgan fingerprint density at radius 2 is 1.77 bits per heavy atom. The van der Waals surface area contributed by atoms with E-state index in [2.05, 4.69) is 4.98 Å². The van der Waals surface area contributed by atoms with E-state index >= 15 is 0 Å². The third-order valence-electron chi connectivity index (χ3n) is 5.20. The van der Waals surface area contributed by atoms with Gasteiger partial charge in [0.15, 0.2) is 0 Å². The average Bonchev–Trinajstić information content (AvgIpc) is 3.09. The second-order valence-corrected chi connectivity index (χ2v) is 7.07. The summed E-state index contributed by atoms with van der Waals surface area (Å²) in [7, 11) is 0. The molecule has 1 fully saturated rings. The number of carbonyl (C=O) groups excluding carboxylic acids is 2. The van der Waals surface area contributed by atoms with Crippen molar-refractivity contribution in [2.24, 2.45) is 11.1 Å². The first-order chi connectivity index (χ1) is 12.5. The van der Waals surface area contributed by atoms with E-state index in [0.29, 0.717) is 32.4 Å². The predicted octanol–water partition coefficient (Wildman–Crippen LogP) is 2.80. The molecule has 1 saturated heterocycles. The Labute approximate surface area is 154 Å². The predicted molar refractivity (Wildman–Crippen MR) is 101 cm³/mol. The van der Waals surface area contributed by atoms with Crippen LogP contribution in [0.25, 0.3) is 11.1 Å². The number of benzene rings is 1. The Morgan fingerprint density at radius 1 is 1.12 bits per heavy atom. The van der Waals surface area contributed by atoms with E-state index in [9.17, 15) is 9.59 Å². The number of nitrogens with two attached hydrogens (primary N) is 1. The molecule has 1 aromatic carbocycles. The van der Waals surface area contributed by atoms with Gasteiger partial charge < -0.3 is 10.6 Å². The van der Waals surface area contributed by atoms with Crippen LogP contribution in [0.4, 0.5) is 0 Å². The molecule has 2 N–H and O–H groups in total. The molecule has 1 atom stereocenters. The molecular formula is C21H25N3O2. The quantitative estimate of drug-likeness (QED) is 0.869. The van der Waals surface area contributed by atoms with Crippen molar-refractivity contribution in [3.05, 3.63) is 54.4 Å². The van der Waals surface area contributed by atoms with Crippen molar-refractivity contribution in [2.75, 3.05) is 13.1 Å². The summed E-state index contributed by atoms with van der Waals surface area (Å²) in [5, 5.41) is 0. The second-order valence-electron chi connectivity index (χ2n) is 7.07. The van der Waals surface area contributed by atoms with Gasteiger partial charge in [-0.1, -0.05) is 31.2 Å². The van der Waals surface area contributed by atoms with Crippen molar-refractivity contribution < 1.29 is 9.59 Å². The Hall–Kier alpha value is -2.69. The van der Waals surface area contributed by atoms with E-state index in [1.807, 2.05) is 43.3 Å². The number of amides is 2. The first-order valence-corrected chi connectivity index (χ1v) is 9.11. The highest BCUT2D eigenvalue weighted by Crippen LogP contribution is 2.35. The summed E-state index contributed by atoms with van der Waals surface area (Å²) < 4.78 is 0. The highest BCUT2D eigenvalue weighted by Gasteiger charge is 2.44. The van der Waals surface area contributed by atoms with Gasteiger partial charge in [0.2, 0.25) is 11.8 Å². The number of carbonyl (C=O) groups is 2. The van der Waals surface area contributed by atoms with Crippen LogP contribution in [0.1, 0.15) is 31.7 Å². The minimum atomic E-state index is -0.665. The Bertz CT molecular complexity index is 774. The number of hydrogen-bond donors (Lipinski definition) is 1. The molecule has 0 aliphatic carbocycles. The van der Waals surface area contributed by atoms with E-state index < -0.39 is 5.41 Å². The maximum atomic E-state index is 12.2. The second kappa shape index (κ2) is 7.68. The number of aromatic nitrogens is 1. The van der Waals surface area contributed by atoms with Gasteiger partial charge in [0.05, 0.1) is 5.41 Å². The molecule has 1 aliphatic heterocycles. The molecule has 0 saturated carbocycles. The highest BCUT2D eigenvalue weighted by atomic mass is 16.2. The summed E-state index contributed by atoms with van der Waals surface area (Å²) in [4.78, 5) is 30.2. The molecule has 5 nitrogen and oxygen atoms in total. The smallest absolute Gasteiger partial charge is 0.225 e. The van der Waals surface area contributed by atoms with Crippen LogP contribution < -0.4 is 5.73 Å². The fourth-order valence-corrected chi connectivity index (χ4v) is 3.64. The molecule has 3 rings (SSSR count). The van der Waals surface area contributed by atoms with Crippen LogP contribution in [0.2, 0.25) is 0 Å². The first-order valence-electron chi connectivity index (χ1n) is 9.11. The van der Waals surface area contributed by atoms with E-state index in [4.69, 9.17) is 5.73 Å². The first kappa shape index (κ1) is 18.1. The normalized spacial score (nSPS) is 19.5. The summed E-state index contributed by atoms with van der Waals surface area (Å²) in [6.45, 7) is 3.02. The lowest BCUT2D eigenvalue weighted by Gasteiger charge is -2.26. The molecule has 1 aromatic heterocycles. The van der Waals surface area contributed by atoms with Crippen LogP contribution in [0, 0.1) is 5.41 Å². The van der Waals surface area contributed by atoms with Gasteiger partial charge in [-0.05, 0) is 48.1 Å². The maximum Gasteiger partial charge on any atom is 0.225 e. The minimum absolute atomic E-state index is 0.114. The molecule has 26 heavy (non-hydrogen) atoms. The molecule has 136 valence electrons. The lowest BCUT2D eigenvalue weighted by atomic mass is 9.80. The highest BCUT2D eigenvalue weighted by molar-refractivity contribution is 5.84. The van der Waals surface area contributed by atoms with Crippen LogP contribution in [0.3, 0.4) is 0 Å². The van der Waals surface area contributed by atoms with Gasteiger partial charge in [-0.25, -0.2) is 0 Å². The summed E-state index contributed by atoms with van der Waals surface area (Å²) in [5.74, 6) is -0.203. The van der Waals surface area contributed by atoms with Gasteiger partial charge in [-0.15, -0.1) is 0 Å². The molecule has 2 aromatic rings. The molecular weight excluding hydrogens is 326 g/mol. The summed E-state index contributed by atoms with van der Waals surface area (Å²) in [6.07, 6.45) is 6.07. The fourth-order valence-electron chi connectivity index (χ4n) is 3.64. The summed E-state index contributed by atoms with van der Waals surface area (Å²) in [5.41, 5.74) is 8.36. The lowest BCUT2D eigenvalue weighted by molar-refractivity contribution is -0.132. The van der Waals surface area contributed by atoms with Crippen LogP contribution in [0.5, 0.6) is 0 Å². The average molecular weight is 351 g/mol. The van der Waals surface area contributed by atoms with Crippen molar-refractivity contribution in [1.82, 2.24) is 9.88 Å².